The first-order valence-corrected chi connectivity index (χ1v) is 6.45. The second-order valence-electron chi connectivity index (χ2n) is 5.01. The molecule has 1 aliphatic rings. The summed E-state index contributed by atoms with van der Waals surface area (Å²) in [4.78, 5) is 2.15. The van der Waals surface area contributed by atoms with E-state index in [9.17, 15) is 10.2 Å². The Balaban J connectivity index is 2.26. The molecule has 1 aliphatic heterocycles. The Kier molecular flexibility index (Phi) is 4.29. The van der Waals surface area contributed by atoms with Crippen LogP contribution in [-0.2, 0) is 4.74 Å². The van der Waals surface area contributed by atoms with Crippen LogP contribution in [0.25, 0.3) is 0 Å². The predicted molar refractivity (Wildman–Crippen MR) is 71.2 cm³/mol. The van der Waals surface area contributed by atoms with Crippen molar-refractivity contribution in [3.63, 3.8) is 0 Å². The summed E-state index contributed by atoms with van der Waals surface area (Å²) >= 11 is 0. The van der Waals surface area contributed by atoms with Crippen LogP contribution in [0.5, 0.6) is 11.5 Å². The average Bonchev–Trinajstić information content (AvgIpc) is 2.83. The molecule has 1 heterocycles. The van der Waals surface area contributed by atoms with Crippen LogP contribution in [0.4, 0.5) is 0 Å². The Bertz CT molecular complexity index is 435. The van der Waals surface area contributed by atoms with Crippen molar-refractivity contribution in [2.75, 3.05) is 20.3 Å². The van der Waals surface area contributed by atoms with E-state index < -0.39 is 0 Å². The van der Waals surface area contributed by atoms with E-state index in [-0.39, 0.29) is 24.7 Å². The molecule has 0 bridgehead atoms. The van der Waals surface area contributed by atoms with Crippen LogP contribution in [0, 0.1) is 0 Å². The predicted octanol–water partition coefficient (Wildman–Crippen LogP) is 1.50. The van der Waals surface area contributed by atoms with E-state index in [4.69, 9.17) is 9.47 Å². The molecule has 1 aromatic rings. The summed E-state index contributed by atoms with van der Waals surface area (Å²) in [5.41, 5.74) is 0.864. The zero-order chi connectivity index (χ0) is 14.0. The van der Waals surface area contributed by atoms with Crippen molar-refractivity contribution in [1.82, 2.24) is 4.90 Å². The van der Waals surface area contributed by atoms with Crippen molar-refractivity contribution in [2.24, 2.45) is 0 Å². The number of rotatable bonds is 4. The number of aliphatic hydroxyl groups excluding tert-OH is 1. The minimum absolute atomic E-state index is 0.00184. The largest absolute Gasteiger partial charge is 0.504 e. The molecule has 0 radical (unpaired) electrons. The van der Waals surface area contributed by atoms with Crippen LogP contribution in [0.15, 0.2) is 18.2 Å². The molecule has 2 rings (SSSR count). The quantitative estimate of drug-likeness (QED) is 0.865. The maximum atomic E-state index is 9.85. The average molecular weight is 267 g/mol. The molecule has 1 saturated heterocycles. The van der Waals surface area contributed by atoms with Gasteiger partial charge in [-0.05, 0) is 31.5 Å². The van der Waals surface area contributed by atoms with E-state index in [0.717, 1.165) is 5.56 Å². The van der Waals surface area contributed by atoms with Crippen molar-refractivity contribution in [2.45, 2.75) is 32.2 Å². The summed E-state index contributed by atoms with van der Waals surface area (Å²) in [6.07, 6.45) is -0.425. The number of hydrogen-bond donors (Lipinski definition) is 2. The third kappa shape index (κ3) is 2.83. The standard InChI is InChI=1S/C14H21NO4/c1-9(2)15-7-11(8-16)19-14(15)10-4-5-13(18-3)12(17)6-10/h4-6,9,11,14,16-17H,7-8H2,1-3H3. The molecule has 1 aromatic carbocycles. The fraction of sp³-hybridized carbons (Fsp3) is 0.571. The van der Waals surface area contributed by atoms with E-state index in [1.807, 2.05) is 6.07 Å². The van der Waals surface area contributed by atoms with Crippen LogP contribution < -0.4 is 4.74 Å². The first-order chi connectivity index (χ1) is 9.06. The van der Waals surface area contributed by atoms with Crippen molar-refractivity contribution < 1.29 is 19.7 Å². The van der Waals surface area contributed by atoms with Gasteiger partial charge in [-0.15, -0.1) is 0 Å². The van der Waals surface area contributed by atoms with Crippen molar-refractivity contribution in [3.8, 4) is 11.5 Å². The van der Waals surface area contributed by atoms with E-state index in [2.05, 4.69) is 18.7 Å². The summed E-state index contributed by atoms with van der Waals surface area (Å²) < 4.78 is 10.9. The fourth-order valence-corrected chi connectivity index (χ4v) is 2.35. The van der Waals surface area contributed by atoms with E-state index in [1.54, 1.807) is 12.1 Å². The van der Waals surface area contributed by atoms with Crippen LogP contribution >= 0.6 is 0 Å². The number of phenolic OH excluding ortho intramolecular Hbond substituents is 1. The summed E-state index contributed by atoms with van der Waals surface area (Å²) in [5.74, 6) is 0.538. The molecule has 0 aromatic heterocycles. The normalized spacial score (nSPS) is 24.1. The Morgan fingerprint density at radius 1 is 1.47 bits per heavy atom. The van der Waals surface area contributed by atoms with Gasteiger partial charge in [0.15, 0.2) is 11.5 Å². The number of ether oxygens (including phenoxy) is 2. The lowest BCUT2D eigenvalue weighted by Gasteiger charge is -2.26. The number of benzene rings is 1. The van der Waals surface area contributed by atoms with Crippen LogP contribution in [0.3, 0.4) is 0 Å². The SMILES string of the molecule is COc1ccc(C2OC(CO)CN2C(C)C)cc1O. The van der Waals surface area contributed by atoms with Crippen molar-refractivity contribution >= 4 is 0 Å². The number of aliphatic hydroxyl groups is 1. The van der Waals surface area contributed by atoms with E-state index in [1.165, 1.54) is 7.11 Å². The third-order valence-corrected chi connectivity index (χ3v) is 3.39. The maximum Gasteiger partial charge on any atom is 0.160 e. The molecular formula is C14H21NO4. The fourth-order valence-electron chi connectivity index (χ4n) is 2.35. The number of nitrogens with zero attached hydrogens (tertiary/aromatic N) is 1. The lowest BCUT2D eigenvalue weighted by Crippen LogP contribution is -2.32. The second-order valence-corrected chi connectivity index (χ2v) is 5.01. The van der Waals surface area contributed by atoms with Gasteiger partial charge in [0, 0.05) is 12.6 Å². The zero-order valence-corrected chi connectivity index (χ0v) is 11.5. The summed E-state index contributed by atoms with van der Waals surface area (Å²) in [6.45, 7) is 4.85. The molecule has 2 N–H and O–H groups in total. The van der Waals surface area contributed by atoms with Gasteiger partial charge < -0.3 is 19.7 Å². The molecule has 2 unspecified atom stereocenters. The highest BCUT2D eigenvalue weighted by Gasteiger charge is 2.35. The van der Waals surface area contributed by atoms with Crippen LogP contribution in [0.1, 0.15) is 25.6 Å². The minimum Gasteiger partial charge on any atom is -0.504 e. The highest BCUT2D eigenvalue weighted by Crippen LogP contribution is 2.36. The highest BCUT2D eigenvalue weighted by molar-refractivity contribution is 5.42. The molecule has 0 spiro atoms. The smallest absolute Gasteiger partial charge is 0.160 e. The molecule has 5 nitrogen and oxygen atoms in total. The summed E-state index contributed by atoms with van der Waals surface area (Å²) in [7, 11) is 1.52. The van der Waals surface area contributed by atoms with Gasteiger partial charge in [0.05, 0.1) is 19.8 Å². The second kappa shape index (κ2) is 5.77. The number of aromatic hydroxyl groups is 1. The number of methoxy groups -OCH3 is 1. The van der Waals surface area contributed by atoms with Gasteiger partial charge in [0.25, 0.3) is 0 Å². The molecule has 5 heteroatoms. The Morgan fingerprint density at radius 3 is 2.74 bits per heavy atom. The molecule has 0 aliphatic carbocycles. The number of phenols is 1. The Hall–Kier alpha value is -1.30. The topological polar surface area (TPSA) is 62.2 Å². The van der Waals surface area contributed by atoms with Gasteiger partial charge in [0.2, 0.25) is 0 Å². The van der Waals surface area contributed by atoms with Gasteiger partial charge in [0.1, 0.15) is 6.23 Å². The first-order valence-electron chi connectivity index (χ1n) is 6.45. The number of hydrogen-bond acceptors (Lipinski definition) is 5. The molecule has 1 fully saturated rings. The molecule has 106 valence electrons. The van der Waals surface area contributed by atoms with Crippen LogP contribution in [-0.4, -0.2) is 47.5 Å². The van der Waals surface area contributed by atoms with Crippen molar-refractivity contribution in [3.05, 3.63) is 23.8 Å². The maximum absolute atomic E-state index is 9.85. The van der Waals surface area contributed by atoms with Gasteiger partial charge in [-0.3, -0.25) is 4.90 Å². The third-order valence-electron chi connectivity index (χ3n) is 3.39. The first kappa shape index (κ1) is 14.1. The Labute approximate surface area is 113 Å². The van der Waals surface area contributed by atoms with E-state index in [0.29, 0.717) is 18.3 Å². The minimum atomic E-state index is -0.242. The highest BCUT2D eigenvalue weighted by atomic mass is 16.5. The van der Waals surface area contributed by atoms with Crippen molar-refractivity contribution in [1.29, 1.82) is 0 Å². The van der Waals surface area contributed by atoms with E-state index >= 15 is 0 Å². The monoisotopic (exact) mass is 267 g/mol. The van der Waals surface area contributed by atoms with Crippen LogP contribution in [0.2, 0.25) is 0 Å². The lowest BCUT2D eigenvalue weighted by molar-refractivity contribution is -0.0267. The zero-order valence-electron chi connectivity index (χ0n) is 11.5. The summed E-state index contributed by atoms with van der Waals surface area (Å²) in [5, 5.41) is 19.1. The lowest BCUT2D eigenvalue weighted by atomic mass is 10.1. The molecule has 2 atom stereocenters. The van der Waals surface area contributed by atoms with Gasteiger partial charge in [-0.1, -0.05) is 6.07 Å². The van der Waals surface area contributed by atoms with Gasteiger partial charge in [-0.2, -0.15) is 0 Å². The van der Waals surface area contributed by atoms with Gasteiger partial charge >= 0.3 is 0 Å². The summed E-state index contributed by atoms with van der Waals surface area (Å²) in [6, 6.07) is 5.54. The molecule has 0 amide bonds. The molecular weight excluding hydrogens is 246 g/mol. The molecule has 0 saturated carbocycles. The molecule has 19 heavy (non-hydrogen) atoms. The van der Waals surface area contributed by atoms with Gasteiger partial charge in [-0.25, -0.2) is 0 Å². The Morgan fingerprint density at radius 2 is 2.21 bits per heavy atom.